The fourth-order valence-electron chi connectivity index (χ4n) is 4.82. The molecule has 150 valence electrons. The van der Waals surface area contributed by atoms with Gasteiger partial charge in [-0.3, -0.25) is 4.90 Å². The van der Waals surface area contributed by atoms with Crippen LogP contribution in [0.2, 0.25) is 5.02 Å². The topological polar surface area (TPSA) is 33.1 Å². The lowest BCUT2D eigenvalue weighted by atomic mass is 9.91. The molecule has 0 saturated carbocycles. The van der Waals surface area contributed by atoms with Crippen LogP contribution in [0.15, 0.2) is 48.5 Å². The molecule has 1 saturated heterocycles. The molecule has 1 atom stereocenters. The largest absolute Gasteiger partial charge is 0.369 e. The molecule has 0 spiro atoms. The maximum absolute atomic E-state index is 6.18. The number of aryl methyl sites for hydroxylation is 1. The van der Waals surface area contributed by atoms with Crippen LogP contribution < -0.4 is 5.32 Å². The first-order valence-corrected chi connectivity index (χ1v) is 11.0. The standard InChI is InChI=1S/C24H27ClN4/c1-17-14-20(25)9-10-22(17)29-24-21(11-12-26-24)23(27-29)19-8-5-13-28(16-19)15-18-6-3-2-4-7-18/h2-4,6-7,9-10,14,19,26H,5,8,11-13,15-16H2,1H3. The van der Waals surface area contributed by atoms with Gasteiger partial charge in [0.1, 0.15) is 5.82 Å². The zero-order valence-electron chi connectivity index (χ0n) is 16.9. The number of likely N-dealkylation sites (tertiary alicyclic amines) is 1. The molecule has 5 rings (SSSR count). The highest BCUT2D eigenvalue weighted by atomic mass is 35.5. The number of nitrogens with one attached hydrogen (secondary N) is 1. The van der Waals surface area contributed by atoms with Gasteiger partial charge in [0.25, 0.3) is 0 Å². The van der Waals surface area contributed by atoms with Gasteiger partial charge in [0.2, 0.25) is 0 Å². The normalized spacial score (nSPS) is 19.2. The van der Waals surface area contributed by atoms with E-state index in [-0.39, 0.29) is 0 Å². The average molecular weight is 407 g/mol. The second-order valence-corrected chi connectivity index (χ2v) is 8.73. The molecule has 1 unspecified atom stereocenters. The van der Waals surface area contributed by atoms with E-state index in [1.807, 2.05) is 12.1 Å². The molecule has 2 aliphatic rings. The Morgan fingerprint density at radius 2 is 2.03 bits per heavy atom. The first-order chi connectivity index (χ1) is 14.2. The Bertz CT molecular complexity index is 1010. The minimum absolute atomic E-state index is 0.495. The molecule has 0 bridgehead atoms. The van der Waals surface area contributed by atoms with Crippen molar-refractivity contribution < 1.29 is 0 Å². The summed E-state index contributed by atoms with van der Waals surface area (Å²) in [6.07, 6.45) is 3.51. The molecular weight excluding hydrogens is 380 g/mol. The van der Waals surface area contributed by atoms with Gasteiger partial charge < -0.3 is 5.32 Å². The summed E-state index contributed by atoms with van der Waals surface area (Å²) in [5.74, 6) is 1.67. The Balaban J connectivity index is 1.44. The number of hydrogen-bond donors (Lipinski definition) is 1. The van der Waals surface area contributed by atoms with Crippen LogP contribution in [0, 0.1) is 6.92 Å². The molecule has 3 heterocycles. The molecule has 2 aliphatic heterocycles. The molecule has 5 heteroatoms. The number of rotatable bonds is 4. The van der Waals surface area contributed by atoms with Crippen molar-refractivity contribution in [2.45, 2.75) is 38.6 Å². The number of aromatic nitrogens is 2. The fraction of sp³-hybridized carbons (Fsp3) is 0.375. The third-order valence-electron chi connectivity index (χ3n) is 6.21. The molecule has 0 aliphatic carbocycles. The van der Waals surface area contributed by atoms with E-state index >= 15 is 0 Å². The van der Waals surface area contributed by atoms with Crippen LogP contribution in [-0.2, 0) is 13.0 Å². The van der Waals surface area contributed by atoms with E-state index in [0.29, 0.717) is 5.92 Å². The van der Waals surface area contributed by atoms with Gasteiger partial charge in [0.05, 0.1) is 11.4 Å². The number of hydrogen-bond acceptors (Lipinski definition) is 3. The van der Waals surface area contributed by atoms with Crippen molar-refractivity contribution in [1.82, 2.24) is 14.7 Å². The molecule has 0 radical (unpaired) electrons. The predicted octanol–water partition coefficient (Wildman–Crippen LogP) is 5.18. The lowest BCUT2D eigenvalue weighted by molar-refractivity contribution is 0.198. The summed E-state index contributed by atoms with van der Waals surface area (Å²) < 4.78 is 2.11. The highest BCUT2D eigenvalue weighted by Gasteiger charge is 2.31. The van der Waals surface area contributed by atoms with Gasteiger partial charge in [-0.05, 0) is 62.1 Å². The van der Waals surface area contributed by atoms with Crippen molar-refractivity contribution in [1.29, 1.82) is 0 Å². The molecular formula is C24H27ClN4. The van der Waals surface area contributed by atoms with Gasteiger partial charge in [0.15, 0.2) is 0 Å². The Hall–Kier alpha value is -2.30. The molecule has 0 amide bonds. The maximum atomic E-state index is 6.18. The SMILES string of the molecule is Cc1cc(Cl)ccc1-n1nc(C2CCCN(Cc3ccccc3)C2)c2c1NCC2. The summed E-state index contributed by atoms with van der Waals surface area (Å²) in [5.41, 5.74) is 6.35. The van der Waals surface area contributed by atoms with Crippen LogP contribution >= 0.6 is 11.6 Å². The summed E-state index contributed by atoms with van der Waals surface area (Å²) in [4.78, 5) is 2.59. The van der Waals surface area contributed by atoms with E-state index in [2.05, 4.69) is 58.2 Å². The Morgan fingerprint density at radius 1 is 1.17 bits per heavy atom. The first kappa shape index (κ1) is 18.7. The van der Waals surface area contributed by atoms with E-state index in [1.54, 1.807) is 0 Å². The van der Waals surface area contributed by atoms with Crippen molar-refractivity contribution in [3.63, 3.8) is 0 Å². The van der Waals surface area contributed by atoms with Crippen molar-refractivity contribution >= 4 is 17.4 Å². The second-order valence-electron chi connectivity index (χ2n) is 8.29. The minimum Gasteiger partial charge on any atom is -0.369 e. The molecule has 1 fully saturated rings. The van der Waals surface area contributed by atoms with E-state index in [0.717, 1.165) is 42.3 Å². The van der Waals surface area contributed by atoms with Gasteiger partial charge in [0, 0.05) is 36.1 Å². The molecule has 2 aromatic carbocycles. The van der Waals surface area contributed by atoms with Crippen molar-refractivity contribution in [3.8, 4) is 5.69 Å². The lowest BCUT2D eigenvalue weighted by Gasteiger charge is -2.32. The van der Waals surface area contributed by atoms with E-state index in [1.165, 1.54) is 42.0 Å². The lowest BCUT2D eigenvalue weighted by Crippen LogP contribution is -2.34. The summed E-state index contributed by atoms with van der Waals surface area (Å²) >= 11 is 6.18. The first-order valence-electron chi connectivity index (χ1n) is 10.6. The summed E-state index contributed by atoms with van der Waals surface area (Å²) in [7, 11) is 0. The van der Waals surface area contributed by atoms with E-state index in [9.17, 15) is 0 Å². The molecule has 29 heavy (non-hydrogen) atoms. The number of fused-ring (bicyclic) bond motifs is 1. The number of anilines is 1. The van der Waals surface area contributed by atoms with Crippen LogP contribution in [0.5, 0.6) is 0 Å². The third-order valence-corrected chi connectivity index (χ3v) is 6.45. The van der Waals surface area contributed by atoms with E-state index < -0.39 is 0 Å². The smallest absolute Gasteiger partial charge is 0.133 e. The average Bonchev–Trinajstić information content (AvgIpc) is 3.32. The molecule has 4 nitrogen and oxygen atoms in total. The Morgan fingerprint density at radius 3 is 2.86 bits per heavy atom. The number of nitrogens with zero attached hydrogens (tertiary/aromatic N) is 3. The van der Waals surface area contributed by atoms with Crippen molar-refractivity contribution in [2.24, 2.45) is 0 Å². The Kier molecular flexibility index (Phi) is 5.06. The zero-order valence-corrected chi connectivity index (χ0v) is 17.6. The minimum atomic E-state index is 0.495. The van der Waals surface area contributed by atoms with Gasteiger partial charge >= 0.3 is 0 Å². The predicted molar refractivity (Wildman–Crippen MR) is 119 cm³/mol. The highest BCUT2D eigenvalue weighted by molar-refractivity contribution is 6.30. The van der Waals surface area contributed by atoms with Gasteiger partial charge in [-0.25, -0.2) is 4.68 Å². The van der Waals surface area contributed by atoms with Crippen LogP contribution in [0.4, 0.5) is 5.82 Å². The van der Waals surface area contributed by atoms with Gasteiger partial charge in [-0.1, -0.05) is 41.9 Å². The molecule has 1 aromatic heterocycles. The quantitative estimate of drug-likeness (QED) is 0.647. The zero-order chi connectivity index (χ0) is 19.8. The van der Waals surface area contributed by atoms with Crippen LogP contribution in [-0.4, -0.2) is 34.3 Å². The van der Waals surface area contributed by atoms with E-state index in [4.69, 9.17) is 16.7 Å². The summed E-state index contributed by atoms with van der Waals surface area (Å²) in [6, 6.07) is 16.8. The maximum Gasteiger partial charge on any atom is 0.133 e. The highest BCUT2D eigenvalue weighted by Crippen LogP contribution is 2.37. The number of halogens is 1. The van der Waals surface area contributed by atoms with Gasteiger partial charge in [-0.15, -0.1) is 0 Å². The number of benzene rings is 2. The van der Waals surface area contributed by atoms with Gasteiger partial charge in [-0.2, -0.15) is 5.10 Å². The number of piperidine rings is 1. The monoisotopic (exact) mass is 406 g/mol. The Labute approximate surface area is 177 Å². The van der Waals surface area contributed by atoms with Crippen LogP contribution in [0.25, 0.3) is 5.69 Å². The molecule has 3 aromatic rings. The van der Waals surface area contributed by atoms with Crippen LogP contribution in [0.1, 0.15) is 41.1 Å². The summed E-state index contributed by atoms with van der Waals surface area (Å²) in [5, 5.41) is 9.49. The second kappa shape index (κ2) is 7.85. The van der Waals surface area contributed by atoms with Crippen molar-refractivity contribution in [2.75, 3.05) is 25.0 Å². The summed E-state index contributed by atoms with van der Waals surface area (Å²) in [6.45, 7) is 6.37. The third kappa shape index (κ3) is 3.67. The fourth-order valence-corrected chi connectivity index (χ4v) is 5.05. The van der Waals surface area contributed by atoms with Crippen LogP contribution in [0.3, 0.4) is 0 Å². The molecule has 1 N–H and O–H groups in total. The van der Waals surface area contributed by atoms with Crippen molar-refractivity contribution in [3.05, 3.63) is 75.9 Å².